The zero-order valence-corrected chi connectivity index (χ0v) is 19.0. The predicted molar refractivity (Wildman–Crippen MR) is 117 cm³/mol. The van der Waals surface area contributed by atoms with Crippen LogP contribution in [0.15, 0.2) is 30.6 Å². The maximum Gasteiger partial charge on any atom is 0.418 e. The topological polar surface area (TPSA) is 126 Å². The molecule has 0 saturated carbocycles. The summed E-state index contributed by atoms with van der Waals surface area (Å²) in [6, 6.07) is 2.51. The summed E-state index contributed by atoms with van der Waals surface area (Å²) in [5.41, 5.74) is 1.25. The van der Waals surface area contributed by atoms with Crippen molar-refractivity contribution in [2.24, 2.45) is 0 Å². The quantitative estimate of drug-likeness (QED) is 0.460. The van der Waals surface area contributed by atoms with Crippen LogP contribution in [-0.2, 0) is 11.0 Å². The first-order valence-electron chi connectivity index (χ1n) is 10.6. The maximum atomic E-state index is 14.7. The number of amides is 2. The number of rotatable bonds is 4. The molecule has 3 aromatic rings. The molecule has 0 bridgehead atoms. The molecule has 2 amide bonds. The lowest BCUT2D eigenvalue weighted by molar-refractivity contribution is -0.146. The molecule has 9 nitrogen and oxygen atoms in total. The fourth-order valence-electron chi connectivity index (χ4n) is 4.04. The lowest BCUT2D eigenvalue weighted by Gasteiger charge is -2.24. The predicted octanol–water partition coefficient (Wildman–Crippen LogP) is 2.19. The van der Waals surface area contributed by atoms with Gasteiger partial charge in [-0.25, -0.2) is 18.3 Å². The second-order valence-electron chi connectivity index (χ2n) is 8.91. The van der Waals surface area contributed by atoms with Gasteiger partial charge in [-0.05, 0) is 38.1 Å². The second-order valence-corrected chi connectivity index (χ2v) is 8.91. The van der Waals surface area contributed by atoms with E-state index >= 15 is 0 Å². The van der Waals surface area contributed by atoms with E-state index in [4.69, 9.17) is 5.73 Å². The van der Waals surface area contributed by atoms with Gasteiger partial charge in [0.15, 0.2) is 5.82 Å². The average molecular weight is 512 g/mol. The first-order valence-corrected chi connectivity index (χ1v) is 10.6. The molecular weight excluding hydrogens is 491 g/mol. The number of aromatic nitrogens is 3. The first-order chi connectivity index (χ1) is 16.7. The van der Waals surface area contributed by atoms with E-state index in [1.807, 2.05) is 0 Å². The van der Waals surface area contributed by atoms with Gasteiger partial charge < -0.3 is 21.1 Å². The van der Waals surface area contributed by atoms with Crippen molar-refractivity contribution in [2.45, 2.75) is 37.8 Å². The van der Waals surface area contributed by atoms with Crippen LogP contribution < -0.4 is 11.1 Å². The molecule has 1 saturated heterocycles. The number of fused-ring (bicyclic) bond motifs is 1. The van der Waals surface area contributed by atoms with Gasteiger partial charge in [-0.2, -0.15) is 18.3 Å². The van der Waals surface area contributed by atoms with Gasteiger partial charge in [0.05, 0.1) is 23.8 Å². The highest BCUT2D eigenvalue weighted by Crippen LogP contribution is 2.39. The standard InChI is InChI=1S/C22H21F5N6O3/c1-21(2,36)20(35)32-7-14(24)15(8-32)31-19(34)10-3-4-13(23)11(5-10)16-6-12(22(25,26)27)17-18(28)29-9-30-33(16)17/h3-6,9,14-15,36H,7-8H2,1-2H3,(H,31,34)(H2,28,29,30)/t14-,15+/m0/s1. The molecule has 1 aliphatic rings. The Balaban J connectivity index is 1.66. The number of nitrogens with zero attached hydrogens (tertiary/aromatic N) is 4. The van der Waals surface area contributed by atoms with Crippen LogP contribution in [0.2, 0.25) is 0 Å². The lowest BCUT2D eigenvalue weighted by Crippen LogP contribution is -2.46. The van der Waals surface area contributed by atoms with Crippen LogP contribution in [0.5, 0.6) is 0 Å². The normalized spacial score (nSPS) is 18.6. The number of aliphatic hydroxyl groups is 1. The van der Waals surface area contributed by atoms with E-state index in [9.17, 15) is 36.6 Å². The second kappa shape index (κ2) is 8.69. The van der Waals surface area contributed by atoms with Crippen molar-refractivity contribution in [1.82, 2.24) is 24.8 Å². The number of alkyl halides is 4. The minimum absolute atomic E-state index is 0.170. The number of carbonyl (C=O) groups is 2. The van der Waals surface area contributed by atoms with Gasteiger partial charge in [0.2, 0.25) is 0 Å². The number of hydrogen-bond acceptors (Lipinski definition) is 6. The summed E-state index contributed by atoms with van der Waals surface area (Å²) in [5.74, 6) is -2.97. The summed E-state index contributed by atoms with van der Waals surface area (Å²) in [4.78, 5) is 29.7. The third-order valence-corrected chi connectivity index (χ3v) is 5.77. The largest absolute Gasteiger partial charge is 0.418 e. The number of hydrogen-bond donors (Lipinski definition) is 3. The zero-order chi connectivity index (χ0) is 26.6. The molecule has 1 aromatic carbocycles. The van der Waals surface area contributed by atoms with E-state index in [1.165, 1.54) is 13.8 Å². The SMILES string of the molecule is CC(C)(O)C(=O)N1C[C@H](F)[C@H](NC(=O)c2ccc(F)c(-c3cc(C(F)(F)F)c4c(N)ncnn34)c2)C1. The van der Waals surface area contributed by atoms with Crippen LogP contribution in [-0.4, -0.2) is 67.3 Å². The molecule has 1 fully saturated rings. The number of nitrogen functional groups attached to an aromatic ring is 1. The summed E-state index contributed by atoms with van der Waals surface area (Å²) in [7, 11) is 0. The van der Waals surface area contributed by atoms with Crippen molar-refractivity contribution in [1.29, 1.82) is 0 Å². The van der Waals surface area contributed by atoms with Gasteiger partial charge in [-0.3, -0.25) is 9.59 Å². The summed E-state index contributed by atoms with van der Waals surface area (Å²) in [6.45, 7) is 1.95. The summed E-state index contributed by atoms with van der Waals surface area (Å²) >= 11 is 0. The summed E-state index contributed by atoms with van der Waals surface area (Å²) in [5, 5.41) is 16.0. The molecule has 2 atom stereocenters. The fraction of sp³-hybridized carbons (Fsp3) is 0.364. The van der Waals surface area contributed by atoms with Crippen molar-refractivity contribution in [2.75, 3.05) is 18.8 Å². The van der Waals surface area contributed by atoms with Crippen LogP contribution in [0.1, 0.15) is 29.8 Å². The van der Waals surface area contributed by atoms with Gasteiger partial charge in [0, 0.05) is 17.7 Å². The fourth-order valence-corrected chi connectivity index (χ4v) is 4.04. The Morgan fingerprint density at radius 2 is 1.89 bits per heavy atom. The monoisotopic (exact) mass is 512 g/mol. The third kappa shape index (κ3) is 4.55. The molecule has 36 heavy (non-hydrogen) atoms. The number of halogens is 5. The van der Waals surface area contributed by atoms with Crippen molar-refractivity contribution < 1.29 is 36.6 Å². The van der Waals surface area contributed by atoms with Crippen LogP contribution >= 0.6 is 0 Å². The molecule has 0 spiro atoms. The van der Waals surface area contributed by atoms with E-state index in [0.29, 0.717) is 6.07 Å². The van der Waals surface area contributed by atoms with Gasteiger partial charge >= 0.3 is 6.18 Å². The molecule has 0 radical (unpaired) electrons. The summed E-state index contributed by atoms with van der Waals surface area (Å²) < 4.78 is 70.8. The number of anilines is 1. The van der Waals surface area contributed by atoms with Gasteiger partial charge in [0.25, 0.3) is 11.8 Å². The highest BCUT2D eigenvalue weighted by molar-refractivity contribution is 5.96. The van der Waals surface area contributed by atoms with Crippen LogP contribution in [0.3, 0.4) is 0 Å². The Hall–Kier alpha value is -3.81. The summed E-state index contributed by atoms with van der Waals surface area (Å²) in [6.07, 6.45) is -5.58. The minimum Gasteiger partial charge on any atom is -0.382 e. The van der Waals surface area contributed by atoms with E-state index < -0.39 is 58.5 Å². The molecule has 14 heteroatoms. The Kier molecular flexibility index (Phi) is 6.11. The van der Waals surface area contributed by atoms with Crippen molar-refractivity contribution in [3.05, 3.63) is 47.5 Å². The number of likely N-dealkylation sites (tertiary alicyclic amines) is 1. The molecular formula is C22H21F5N6O3. The van der Waals surface area contributed by atoms with E-state index in [0.717, 1.165) is 33.9 Å². The van der Waals surface area contributed by atoms with Crippen LogP contribution in [0, 0.1) is 5.82 Å². The number of benzene rings is 1. The van der Waals surface area contributed by atoms with Gasteiger partial charge in [-0.1, -0.05) is 0 Å². The van der Waals surface area contributed by atoms with Gasteiger partial charge in [0.1, 0.15) is 29.4 Å². The molecule has 4 N–H and O–H groups in total. The molecule has 2 aromatic heterocycles. The zero-order valence-electron chi connectivity index (χ0n) is 19.0. The third-order valence-electron chi connectivity index (χ3n) is 5.77. The highest BCUT2D eigenvalue weighted by atomic mass is 19.4. The number of carbonyl (C=O) groups excluding carboxylic acids is 2. The molecule has 192 valence electrons. The average Bonchev–Trinajstić information content (AvgIpc) is 3.34. The Morgan fingerprint density at radius 1 is 1.19 bits per heavy atom. The minimum atomic E-state index is -4.85. The molecule has 3 heterocycles. The van der Waals surface area contributed by atoms with Crippen molar-refractivity contribution in [3.8, 4) is 11.3 Å². The van der Waals surface area contributed by atoms with Crippen LogP contribution in [0.4, 0.5) is 27.8 Å². The number of nitrogens with one attached hydrogen (secondary N) is 1. The Labute approximate surface area is 200 Å². The first kappa shape index (κ1) is 25.3. The van der Waals surface area contributed by atoms with Crippen molar-refractivity contribution >= 4 is 23.1 Å². The maximum absolute atomic E-state index is 14.7. The van der Waals surface area contributed by atoms with E-state index in [1.54, 1.807) is 0 Å². The highest BCUT2D eigenvalue weighted by Gasteiger charge is 2.41. The molecule has 0 aliphatic carbocycles. The Morgan fingerprint density at radius 3 is 2.53 bits per heavy atom. The number of nitrogens with two attached hydrogens (primary N) is 1. The van der Waals surface area contributed by atoms with Gasteiger partial charge in [-0.15, -0.1) is 0 Å². The van der Waals surface area contributed by atoms with Crippen molar-refractivity contribution in [3.63, 3.8) is 0 Å². The molecule has 1 aliphatic heterocycles. The smallest absolute Gasteiger partial charge is 0.382 e. The molecule has 0 unspecified atom stereocenters. The van der Waals surface area contributed by atoms with E-state index in [2.05, 4.69) is 15.4 Å². The van der Waals surface area contributed by atoms with Crippen LogP contribution in [0.25, 0.3) is 16.8 Å². The van der Waals surface area contributed by atoms with E-state index in [-0.39, 0.29) is 29.9 Å². The Bertz CT molecular complexity index is 1350. The lowest BCUT2D eigenvalue weighted by atomic mass is 10.1. The molecule has 4 rings (SSSR count).